The number of sulfone groups is 1. The summed E-state index contributed by atoms with van der Waals surface area (Å²) in [5, 5.41) is 9.23. The van der Waals surface area contributed by atoms with Crippen LogP contribution in [0.1, 0.15) is 32.6 Å². The molecule has 2 heterocycles. The number of piperidine rings is 1. The van der Waals surface area contributed by atoms with E-state index < -0.39 is 21.8 Å². The average Bonchev–Trinajstić information content (AvgIpc) is 2.68. The van der Waals surface area contributed by atoms with Gasteiger partial charge in [0.05, 0.1) is 11.5 Å². The maximum atomic E-state index is 12.3. The van der Waals surface area contributed by atoms with Gasteiger partial charge in [-0.15, -0.1) is 0 Å². The molecule has 1 N–H and O–H groups in total. The van der Waals surface area contributed by atoms with Crippen molar-refractivity contribution >= 4 is 21.7 Å². The summed E-state index contributed by atoms with van der Waals surface area (Å²) in [4.78, 5) is 24.9. The standard InChI is InChI=1S/C13H21NO5S/c1-9-2-4-14(11(6-9)13(16)17)12(15)7-10-3-5-20(18,19)8-10/h9-11H,2-8H2,1H3,(H,16,17). The van der Waals surface area contributed by atoms with Gasteiger partial charge in [-0.05, 0) is 31.1 Å². The van der Waals surface area contributed by atoms with Crippen LogP contribution < -0.4 is 0 Å². The van der Waals surface area contributed by atoms with E-state index in [9.17, 15) is 23.1 Å². The quantitative estimate of drug-likeness (QED) is 0.821. The normalized spacial score (nSPS) is 33.0. The Morgan fingerprint density at radius 1 is 1.30 bits per heavy atom. The number of carbonyl (C=O) groups is 2. The summed E-state index contributed by atoms with van der Waals surface area (Å²) < 4.78 is 22.8. The summed E-state index contributed by atoms with van der Waals surface area (Å²) in [6, 6.07) is -0.760. The van der Waals surface area contributed by atoms with Gasteiger partial charge in [-0.1, -0.05) is 6.92 Å². The van der Waals surface area contributed by atoms with Crippen molar-refractivity contribution in [2.45, 2.75) is 38.6 Å². The zero-order valence-electron chi connectivity index (χ0n) is 11.6. The van der Waals surface area contributed by atoms with Crippen molar-refractivity contribution < 1.29 is 23.1 Å². The van der Waals surface area contributed by atoms with Gasteiger partial charge >= 0.3 is 5.97 Å². The highest BCUT2D eigenvalue weighted by atomic mass is 32.2. The van der Waals surface area contributed by atoms with Crippen molar-refractivity contribution in [1.29, 1.82) is 0 Å². The molecule has 0 radical (unpaired) electrons. The number of likely N-dealkylation sites (tertiary alicyclic amines) is 1. The number of carboxylic acid groups (broad SMARTS) is 1. The highest BCUT2D eigenvalue weighted by Gasteiger charge is 2.37. The zero-order valence-corrected chi connectivity index (χ0v) is 12.4. The van der Waals surface area contributed by atoms with Gasteiger partial charge in [0.1, 0.15) is 6.04 Å². The lowest BCUT2D eigenvalue weighted by Gasteiger charge is -2.36. The highest BCUT2D eigenvalue weighted by molar-refractivity contribution is 7.91. The Bertz CT molecular complexity index is 501. The third kappa shape index (κ3) is 3.50. The van der Waals surface area contributed by atoms with E-state index in [4.69, 9.17) is 0 Å². The van der Waals surface area contributed by atoms with Crippen molar-refractivity contribution in [1.82, 2.24) is 4.90 Å². The fourth-order valence-electron chi connectivity index (χ4n) is 3.07. The average molecular weight is 303 g/mol. The number of rotatable bonds is 3. The minimum atomic E-state index is -3.00. The van der Waals surface area contributed by atoms with Crippen molar-refractivity contribution in [2.75, 3.05) is 18.1 Å². The van der Waals surface area contributed by atoms with Crippen molar-refractivity contribution in [3.63, 3.8) is 0 Å². The van der Waals surface area contributed by atoms with Gasteiger partial charge in [0.25, 0.3) is 0 Å². The molecular formula is C13H21NO5S. The molecule has 114 valence electrons. The van der Waals surface area contributed by atoms with Crippen LogP contribution in [0.2, 0.25) is 0 Å². The molecule has 0 aromatic rings. The SMILES string of the molecule is CC1CCN(C(=O)CC2CCS(=O)(=O)C2)C(C(=O)O)C1. The first-order valence-corrected chi connectivity index (χ1v) is 8.83. The maximum absolute atomic E-state index is 12.3. The van der Waals surface area contributed by atoms with Crippen LogP contribution in [-0.2, 0) is 19.4 Å². The Hall–Kier alpha value is -1.11. The molecule has 2 saturated heterocycles. The van der Waals surface area contributed by atoms with E-state index in [1.807, 2.05) is 6.92 Å². The Morgan fingerprint density at radius 2 is 2.00 bits per heavy atom. The first-order chi connectivity index (χ1) is 9.28. The summed E-state index contributed by atoms with van der Waals surface area (Å²) in [5.41, 5.74) is 0. The molecule has 2 fully saturated rings. The Labute approximate surface area is 119 Å². The van der Waals surface area contributed by atoms with E-state index in [2.05, 4.69) is 0 Å². The van der Waals surface area contributed by atoms with Gasteiger partial charge in [0.2, 0.25) is 5.91 Å². The van der Waals surface area contributed by atoms with Crippen molar-refractivity contribution in [3.05, 3.63) is 0 Å². The molecule has 1 amide bonds. The molecule has 6 nitrogen and oxygen atoms in total. The van der Waals surface area contributed by atoms with Gasteiger partial charge in [0.15, 0.2) is 9.84 Å². The number of hydrogen-bond donors (Lipinski definition) is 1. The van der Waals surface area contributed by atoms with Crippen LogP contribution in [0.4, 0.5) is 0 Å². The summed E-state index contributed by atoms with van der Waals surface area (Å²) >= 11 is 0. The fraction of sp³-hybridized carbons (Fsp3) is 0.846. The first-order valence-electron chi connectivity index (χ1n) is 7.01. The molecule has 2 aliphatic heterocycles. The lowest BCUT2D eigenvalue weighted by atomic mass is 9.91. The molecule has 0 spiro atoms. The van der Waals surface area contributed by atoms with E-state index in [1.54, 1.807) is 0 Å². The maximum Gasteiger partial charge on any atom is 0.326 e. The summed E-state index contributed by atoms with van der Waals surface area (Å²) in [5.74, 6) is -0.839. The molecule has 2 aliphatic rings. The minimum absolute atomic E-state index is 0.0563. The van der Waals surface area contributed by atoms with Gasteiger partial charge in [-0.3, -0.25) is 4.79 Å². The molecule has 0 saturated carbocycles. The molecule has 0 aromatic heterocycles. The van der Waals surface area contributed by atoms with E-state index in [1.165, 1.54) is 4.90 Å². The first kappa shape index (κ1) is 15.3. The van der Waals surface area contributed by atoms with E-state index >= 15 is 0 Å². The Balaban J connectivity index is 1.99. The number of carbonyl (C=O) groups excluding carboxylic acids is 1. The third-order valence-corrected chi connectivity index (χ3v) is 6.10. The number of nitrogens with zero attached hydrogens (tertiary/aromatic N) is 1. The lowest BCUT2D eigenvalue weighted by Crippen LogP contribution is -2.50. The highest BCUT2D eigenvalue weighted by Crippen LogP contribution is 2.27. The molecule has 0 aromatic carbocycles. The van der Waals surface area contributed by atoms with E-state index in [-0.39, 0.29) is 29.8 Å². The number of amides is 1. The van der Waals surface area contributed by atoms with Gasteiger partial charge in [-0.2, -0.15) is 0 Å². The second-order valence-electron chi connectivity index (χ2n) is 6.04. The van der Waals surface area contributed by atoms with Crippen LogP contribution in [0.25, 0.3) is 0 Å². The molecule has 0 aliphatic carbocycles. The van der Waals surface area contributed by atoms with E-state index in [0.717, 1.165) is 6.42 Å². The van der Waals surface area contributed by atoms with Gasteiger partial charge in [-0.25, -0.2) is 13.2 Å². The van der Waals surface area contributed by atoms with Crippen molar-refractivity contribution in [3.8, 4) is 0 Å². The monoisotopic (exact) mass is 303 g/mol. The second kappa shape index (κ2) is 5.71. The van der Waals surface area contributed by atoms with Gasteiger partial charge < -0.3 is 10.0 Å². The zero-order chi connectivity index (χ0) is 14.9. The number of aliphatic carboxylic acids is 1. The fourth-order valence-corrected chi connectivity index (χ4v) is 4.93. The topological polar surface area (TPSA) is 91.8 Å². The predicted molar refractivity (Wildman–Crippen MR) is 72.9 cm³/mol. The van der Waals surface area contributed by atoms with E-state index in [0.29, 0.717) is 25.3 Å². The molecule has 0 bridgehead atoms. The Kier molecular flexibility index (Phi) is 4.36. The molecule has 3 atom stereocenters. The Morgan fingerprint density at radius 3 is 2.55 bits per heavy atom. The largest absolute Gasteiger partial charge is 0.480 e. The second-order valence-corrected chi connectivity index (χ2v) is 8.27. The summed E-state index contributed by atoms with van der Waals surface area (Å²) in [7, 11) is -3.00. The minimum Gasteiger partial charge on any atom is -0.480 e. The lowest BCUT2D eigenvalue weighted by molar-refractivity contribution is -0.153. The molecule has 2 rings (SSSR count). The van der Waals surface area contributed by atoms with Crippen LogP contribution in [0.3, 0.4) is 0 Å². The molecule has 7 heteroatoms. The summed E-state index contributed by atoms with van der Waals surface area (Å²) in [6.07, 6.45) is 1.94. The van der Waals surface area contributed by atoms with Crippen LogP contribution in [0.5, 0.6) is 0 Å². The number of carboxylic acids is 1. The van der Waals surface area contributed by atoms with Crippen LogP contribution in [0.15, 0.2) is 0 Å². The smallest absolute Gasteiger partial charge is 0.326 e. The van der Waals surface area contributed by atoms with Crippen LogP contribution >= 0.6 is 0 Å². The number of hydrogen-bond acceptors (Lipinski definition) is 4. The third-order valence-electron chi connectivity index (χ3n) is 4.26. The van der Waals surface area contributed by atoms with Crippen molar-refractivity contribution in [2.24, 2.45) is 11.8 Å². The molecular weight excluding hydrogens is 282 g/mol. The van der Waals surface area contributed by atoms with Crippen LogP contribution in [0, 0.1) is 11.8 Å². The van der Waals surface area contributed by atoms with Crippen LogP contribution in [-0.4, -0.2) is 54.4 Å². The molecule has 3 unspecified atom stereocenters. The predicted octanol–water partition coefficient (Wildman–Crippen LogP) is 0.523. The molecule has 20 heavy (non-hydrogen) atoms. The summed E-state index contributed by atoms with van der Waals surface area (Å²) in [6.45, 7) is 2.44. The van der Waals surface area contributed by atoms with Gasteiger partial charge in [0, 0.05) is 13.0 Å².